The van der Waals surface area contributed by atoms with Gasteiger partial charge in [0, 0.05) is 5.69 Å². The third-order valence-electron chi connectivity index (χ3n) is 2.42. The van der Waals surface area contributed by atoms with Crippen LogP contribution >= 0.6 is 0 Å². The Morgan fingerprint density at radius 2 is 2.22 bits per heavy atom. The molecule has 1 rings (SSSR count). The van der Waals surface area contributed by atoms with Gasteiger partial charge in [0.05, 0.1) is 6.54 Å². The van der Waals surface area contributed by atoms with Crippen LogP contribution in [-0.4, -0.2) is 23.1 Å². The number of anilines is 1. The van der Waals surface area contributed by atoms with E-state index in [1.54, 1.807) is 0 Å². The number of hydrogen-bond donors (Lipinski definition) is 4. The van der Waals surface area contributed by atoms with Gasteiger partial charge in [-0.3, -0.25) is 0 Å². The van der Waals surface area contributed by atoms with E-state index in [0.29, 0.717) is 13.0 Å². The molecular formula is C12H18N4O2. The molecule has 0 amide bonds. The Morgan fingerprint density at radius 3 is 2.78 bits per heavy atom. The minimum absolute atomic E-state index is 0.0327. The summed E-state index contributed by atoms with van der Waals surface area (Å²) >= 11 is 0. The number of carboxylic acids is 1. The number of carbonyl (C=O) groups is 1. The molecule has 0 aliphatic heterocycles. The maximum Gasteiger partial charge on any atom is 0.326 e. The largest absolute Gasteiger partial charge is 0.480 e. The smallest absolute Gasteiger partial charge is 0.326 e. The van der Waals surface area contributed by atoms with Gasteiger partial charge in [0.15, 0.2) is 5.96 Å². The number of nitrogens with two attached hydrogens (primary N) is 2. The maximum atomic E-state index is 10.9. The highest BCUT2D eigenvalue weighted by molar-refractivity contribution is 5.77. The van der Waals surface area contributed by atoms with E-state index in [9.17, 15) is 4.79 Å². The molecule has 1 atom stereocenters. The summed E-state index contributed by atoms with van der Waals surface area (Å²) in [6.45, 7) is 2.19. The van der Waals surface area contributed by atoms with E-state index in [2.05, 4.69) is 10.3 Å². The van der Waals surface area contributed by atoms with Crippen LogP contribution in [0.15, 0.2) is 29.3 Å². The minimum atomic E-state index is -0.868. The first-order chi connectivity index (χ1) is 8.52. The van der Waals surface area contributed by atoms with E-state index >= 15 is 0 Å². The number of guanidine groups is 1. The Hall–Kier alpha value is -2.24. The van der Waals surface area contributed by atoms with Crippen molar-refractivity contribution in [1.29, 1.82) is 0 Å². The van der Waals surface area contributed by atoms with Crippen molar-refractivity contribution in [2.75, 3.05) is 5.32 Å². The summed E-state index contributed by atoms with van der Waals surface area (Å²) < 4.78 is 0. The predicted octanol–water partition coefficient (Wildman–Crippen LogP) is 0.735. The quantitative estimate of drug-likeness (QED) is 0.439. The van der Waals surface area contributed by atoms with Crippen molar-refractivity contribution in [3.05, 3.63) is 29.8 Å². The summed E-state index contributed by atoms with van der Waals surface area (Å²) in [7, 11) is 0. The highest BCUT2D eigenvalue weighted by Crippen LogP contribution is 2.13. The number of benzene rings is 1. The Bertz CT molecular complexity index is 441. The van der Waals surface area contributed by atoms with Crippen molar-refractivity contribution in [3.8, 4) is 0 Å². The second-order valence-electron chi connectivity index (χ2n) is 3.88. The summed E-state index contributed by atoms with van der Waals surface area (Å²) in [6.07, 6.45) is 0.507. The third kappa shape index (κ3) is 4.32. The molecule has 0 fully saturated rings. The number of nitrogens with one attached hydrogen (secondary N) is 1. The normalized spacial score (nSPS) is 11.6. The van der Waals surface area contributed by atoms with E-state index in [4.69, 9.17) is 16.6 Å². The van der Waals surface area contributed by atoms with Gasteiger partial charge in [-0.2, -0.15) is 0 Å². The molecule has 1 aromatic rings. The van der Waals surface area contributed by atoms with E-state index in [0.717, 1.165) is 11.3 Å². The zero-order valence-corrected chi connectivity index (χ0v) is 10.3. The van der Waals surface area contributed by atoms with Crippen LogP contribution in [0.1, 0.15) is 18.9 Å². The van der Waals surface area contributed by atoms with Gasteiger partial charge in [-0.1, -0.05) is 19.1 Å². The summed E-state index contributed by atoms with van der Waals surface area (Å²) in [5.41, 5.74) is 12.2. The molecule has 0 saturated heterocycles. The fourth-order valence-electron chi connectivity index (χ4n) is 1.48. The number of aliphatic carboxylic acids is 1. The van der Waals surface area contributed by atoms with Crippen LogP contribution in [0.4, 0.5) is 5.69 Å². The monoisotopic (exact) mass is 250 g/mol. The number of aliphatic imine (C=N–C) groups is 1. The second-order valence-corrected chi connectivity index (χ2v) is 3.88. The van der Waals surface area contributed by atoms with Crippen molar-refractivity contribution in [3.63, 3.8) is 0 Å². The van der Waals surface area contributed by atoms with Crippen molar-refractivity contribution < 1.29 is 9.90 Å². The van der Waals surface area contributed by atoms with Gasteiger partial charge in [0.25, 0.3) is 0 Å². The molecule has 1 aromatic carbocycles. The maximum absolute atomic E-state index is 10.9. The molecule has 0 saturated carbocycles. The van der Waals surface area contributed by atoms with Crippen LogP contribution in [0.2, 0.25) is 0 Å². The van der Waals surface area contributed by atoms with E-state index in [-0.39, 0.29) is 5.96 Å². The zero-order chi connectivity index (χ0) is 13.5. The van der Waals surface area contributed by atoms with Crippen molar-refractivity contribution in [1.82, 2.24) is 0 Å². The molecule has 0 unspecified atom stereocenters. The predicted molar refractivity (Wildman–Crippen MR) is 71.3 cm³/mol. The fourth-order valence-corrected chi connectivity index (χ4v) is 1.48. The Balaban J connectivity index is 2.75. The molecular weight excluding hydrogens is 232 g/mol. The number of hydrogen-bond acceptors (Lipinski definition) is 3. The van der Waals surface area contributed by atoms with Crippen LogP contribution in [0, 0.1) is 0 Å². The molecule has 0 spiro atoms. The van der Waals surface area contributed by atoms with Gasteiger partial charge in [-0.15, -0.1) is 0 Å². The fraction of sp³-hybridized carbons (Fsp3) is 0.333. The van der Waals surface area contributed by atoms with Gasteiger partial charge < -0.3 is 21.9 Å². The second kappa shape index (κ2) is 6.48. The van der Waals surface area contributed by atoms with Crippen LogP contribution in [0.25, 0.3) is 0 Å². The number of rotatable bonds is 6. The van der Waals surface area contributed by atoms with Gasteiger partial charge in [-0.05, 0) is 24.1 Å². The van der Waals surface area contributed by atoms with Crippen LogP contribution < -0.4 is 16.8 Å². The molecule has 0 aromatic heterocycles. The highest BCUT2D eigenvalue weighted by atomic mass is 16.4. The summed E-state index contributed by atoms with van der Waals surface area (Å²) in [5, 5.41) is 11.9. The van der Waals surface area contributed by atoms with Gasteiger partial charge in [-0.25, -0.2) is 9.79 Å². The van der Waals surface area contributed by atoms with Gasteiger partial charge in [0.1, 0.15) is 6.04 Å². The van der Waals surface area contributed by atoms with Gasteiger partial charge >= 0.3 is 5.97 Å². The van der Waals surface area contributed by atoms with Crippen LogP contribution in [-0.2, 0) is 11.3 Å². The Labute approximate surface area is 106 Å². The first-order valence-electron chi connectivity index (χ1n) is 5.66. The molecule has 6 heteroatoms. The zero-order valence-electron chi connectivity index (χ0n) is 10.3. The topological polar surface area (TPSA) is 114 Å². The molecule has 18 heavy (non-hydrogen) atoms. The lowest BCUT2D eigenvalue weighted by Crippen LogP contribution is -2.28. The van der Waals surface area contributed by atoms with Crippen molar-refractivity contribution in [2.24, 2.45) is 16.5 Å². The Morgan fingerprint density at radius 1 is 1.50 bits per heavy atom. The molecule has 6 nitrogen and oxygen atoms in total. The lowest BCUT2D eigenvalue weighted by atomic mass is 10.1. The van der Waals surface area contributed by atoms with Crippen molar-refractivity contribution >= 4 is 17.6 Å². The SMILES string of the molecule is CC[C@H](Nc1cccc(CN=C(N)N)c1)C(=O)O. The first-order valence-corrected chi connectivity index (χ1v) is 5.66. The number of nitrogens with zero attached hydrogens (tertiary/aromatic N) is 1. The van der Waals surface area contributed by atoms with E-state index in [1.165, 1.54) is 0 Å². The first kappa shape index (κ1) is 13.8. The molecule has 0 heterocycles. The molecule has 0 bridgehead atoms. The van der Waals surface area contributed by atoms with Crippen molar-refractivity contribution in [2.45, 2.75) is 25.9 Å². The minimum Gasteiger partial charge on any atom is -0.480 e. The Kier molecular flexibility index (Phi) is 4.98. The average molecular weight is 250 g/mol. The molecule has 0 aliphatic rings. The number of carboxylic acid groups (broad SMARTS) is 1. The molecule has 0 radical (unpaired) electrons. The van der Waals surface area contributed by atoms with Gasteiger partial charge in [0.2, 0.25) is 0 Å². The summed E-state index contributed by atoms with van der Waals surface area (Å²) in [6, 6.07) is 6.75. The lowest BCUT2D eigenvalue weighted by molar-refractivity contribution is -0.137. The highest BCUT2D eigenvalue weighted by Gasteiger charge is 2.14. The summed E-state index contributed by atoms with van der Waals surface area (Å²) in [4.78, 5) is 14.8. The van der Waals surface area contributed by atoms with E-state index < -0.39 is 12.0 Å². The molecule has 98 valence electrons. The standard InChI is InChI=1S/C12H18N4O2/c1-2-10(11(17)18)16-9-5-3-4-8(6-9)7-15-12(13)14/h3-6,10,16H,2,7H2,1H3,(H,17,18)(H4,13,14,15)/t10-/m0/s1. The van der Waals surface area contributed by atoms with Crippen LogP contribution in [0.5, 0.6) is 0 Å². The third-order valence-corrected chi connectivity index (χ3v) is 2.42. The lowest BCUT2D eigenvalue weighted by Gasteiger charge is -2.14. The molecule has 0 aliphatic carbocycles. The summed E-state index contributed by atoms with van der Waals surface area (Å²) in [5.74, 6) is -0.836. The molecule has 6 N–H and O–H groups in total. The van der Waals surface area contributed by atoms with E-state index in [1.807, 2.05) is 31.2 Å². The van der Waals surface area contributed by atoms with Crippen LogP contribution in [0.3, 0.4) is 0 Å². The average Bonchev–Trinajstić information content (AvgIpc) is 2.33.